The van der Waals surface area contributed by atoms with Crippen LogP contribution in [0.25, 0.3) is 16.7 Å². The Morgan fingerprint density at radius 2 is 2.10 bits per heavy atom. The van der Waals surface area contributed by atoms with Gasteiger partial charge < -0.3 is 9.72 Å². The molecule has 0 aliphatic heterocycles. The number of hydrogen-bond acceptors (Lipinski definition) is 2. The SMILES string of the molecule is COc1cc(-n2c(=S)[nH]c3c(Cl)cccc32)ccc1F. The minimum absolute atomic E-state index is 0.167. The Morgan fingerprint density at radius 3 is 2.85 bits per heavy atom. The first-order valence-electron chi connectivity index (χ1n) is 5.85. The molecular formula is C14H10ClFN2OS. The van der Waals surface area contributed by atoms with Gasteiger partial charge in [0.1, 0.15) is 0 Å². The summed E-state index contributed by atoms with van der Waals surface area (Å²) in [5.74, 6) is -0.249. The van der Waals surface area contributed by atoms with E-state index in [1.807, 2.05) is 12.1 Å². The number of nitrogens with zero attached hydrogens (tertiary/aromatic N) is 1. The Morgan fingerprint density at radius 1 is 1.30 bits per heavy atom. The summed E-state index contributed by atoms with van der Waals surface area (Å²) in [6.07, 6.45) is 0. The van der Waals surface area contributed by atoms with Gasteiger partial charge in [-0.15, -0.1) is 0 Å². The predicted octanol–water partition coefficient (Wildman–Crippen LogP) is 4.49. The zero-order valence-corrected chi connectivity index (χ0v) is 12.1. The van der Waals surface area contributed by atoms with Crippen molar-refractivity contribution in [2.45, 2.75) is 0 Å². The average Bonchev–Trinajstić information content (AvgIpc) is 2.77. The normalized spacial score (nSPS) is 10.9. The summed E-state index contributed by atoms with van der Waals surface area (Å²) in [6, 6.07) is 10.1. The monoisotopic (exact) mass is 308 g/mol. The maximum absolute atomic E-state index is 13.5. The molecule has 0 aliphatic rings. The molecule has 0 atom stereocenters. The van der Waals surface area contributed by atoms with Gasteiger partial charge >= 0.3 is 0 Å². The molecule has 1 aromatic heterocycles. The van der Waals surface area contributed by atoms with Crippen molar-refractivity contribution in [3.63, 3.8) is 0 Å². The van der Waals surface area contributed by atoms with E-state index in [1.165, 1.54) is 13.2 Å². The van der Waals surface area contributed by atoms with Gasteiger partial charge in [0.05, 0.1) is 28.9 Å². The topological polar surface area (TPSA) is 29.9 Å². The molecule has 3 aromatic rings. The van der Waals surface area contributed by atoms with Gasteiger partial charge in [0.25, 0.3) is 0 Å². The zero-order valence-electron chi connectivity index (χ0n) is 10.5. The van der Waals surface area contributed by atoms with Crippen LogP contribution in [0.15, 0.2) is 36.4 Å². The third kappa shape index (κ3) is 1.99. The van der Waals surface area contributed by atoms with Crippen molar-refractivity contribution < 1.29 is 9.13 Å². The lowest BCUT2D eigenvalue weighted by Gasteiger charge is -2.08. The number of rotatable bonds is 2. The van der Waals surface area contributed by atoms with Gasteiger partial charge in [-0.2, -0.15) is 0 Å². The van der Waals surface area contributed by atoms with Crippen molar-refractivity contribution in [1.82, 2.24) is 9.55 Å². The zero-order chi connectivity index (χ0) is 14.3. The van der Waals surface area contributed by atoms with E-state index in [4.69, 9.17) is 28.6 Å². The molecule has 0 bridgehead atoms. The van der Waals surface area contributed by atoms with Crippen molar-refractivity contribution in [3.8, 4) is 11.4 Å². The predicted molar refractivity (Wildman–Crippen MR) is 80.0 cm³/mol. The number of benzene rings is 2. The second kappa shape index (κ2) is 4.92. The molecule has 3 nitrogen and oxygen atoms in total. The van der Waals surface area contributed by atoms with E-state index in [1.54, 1.807) is 22.8 Å². The molecule has 2 aromatic carbocycles. The minimum atomic E-state index is -0.416. The van der Waals surface area contributed by atoms with Crippen LogP contribution in [0.5, 0.6) is 5.75 Å². The number of halogens is 2. The number of imidazole rings is 1. The Labute approximate surface area is 124 Å². The molecule has 0 saturated carbocycles. The van der Waals surface area contributed by atoms with E-state index in [2.05, 4.69) is 4.98 Å². The molecule has 0 unspecified atom stereocenters. The van der Waals surface area contributed by atoms with Crippen molar-refractivity contribution in [1.29, 1.82) is 0 Å². The summed E-state index contributed by atoms with van der Waals surface area (Å²) < 4.78 is 20.8. The summed E-state index contributed by atoms with van der Waals surface area (Å²) in [4.78, 5) is 3.06. The first kappa shape index (κ1) is 13.1. The fourth-order valence-corrected chi connectivity index (χ4v) is 2.66. The second-order valence-electron chi connectivity index (χ2n) is 4.22. The van der Waals surface area contributed by atoms with Crippen LogP contribution in [0.4, 0.5) is 4.39 Å². The van der Waals surface area contributed by atoms with Crippen LogP contribution in [0.2, 0.25) is 5.02 Å². The lowest BCUT2D eigenvalue weighted by molar-refractivity contribution is 0.386. The highest BCUT2D eigenvalue weighted by atomic mass is 35.5. The lowest BCUT2D eigenvalue weighted by Crippen LogP contribution is -1.96. The van der Waals surface area contributed by atoms with Crippen LogP contribution in [0, 0.1) is 10.6 Å². The van der Waals surface area contributed by atoms with E-state index in [-0.39, 0.29) is 5.75 Å². The Hall–Kier alpha value is -1.85. The van der Waals surface area contributed by atoms with Crippen LogP contribution in [-0.2, 0) is 0 Å². The molecule has 20 heavy (non-hydrogen) atoms. The number of fused-ring (bicyclic) bond motifs is 1. The van der Waals surface area contributed by atoms with Crippen LogP contribution < -0.4 is 4.74 Å². The lowest BCUT2D eigenvalue weighted by atomic mass is 10.2. The van der Waals surface area contributed by atoms with Gasteiger partial charge in [-0.25, -0.2) is 4.39 Å². The fraction of sp³-hybridized carbons (Fsp3) is 0.0714. The smallest absolute Gasteiger partial charge is 0.182 e. The second-order valence-corrected chi connectivity index (χ2v) is 5.01. The number of para-hydroxylation sites is 1. The van der Waals surface area contributed by atoms with Gasteiger partial charge in [0.2, 0.25) is 0 Å². The van der Waals surface area contributed by atoms with Crippen LogP contribution in [0.3, 0.4) is 0 Å². The number of hydrogen-bond donors (Lipinski definition) is 1. The first-order valence-corrected chi connectivity index (χ1v) is 6.63. The summed E-state index contributed by atoms with van der Waals surface area (Å²) in [5, 5.41) is 0.585. The van der Waals surface area contributed by atoms with E-state index >= 15 is 0 Å². The van der Waals surface area contributed by atoms with E-state index in [0.717, 1.165) is 11.0 Å². The first-order chi connectivity index (χ1) is 9.61. The third-order valence-corrected chi connectivity index (χ3v) is 3.66. The molecular weight excluding hydrogens is 299 g/mol. The molecule has 0 fully saturated rings. The van der Waals surface area contributed by atoms with Gasteiger partial charge in [-0.1, -0.05) is 17.7 Å². The van der Waals surface area contributed by atoms with Crippen LogP contribution in [-0.4, -0.2) is 16.7 Å². The van der Waals surface area contributed by atoms with Crippen LogP contribution >= 0.6 is 23.8 Å². The van der Waals surface area contributed by atoms with Crippen molar-refractivity contribution in [3.05, 3.63) is 52.0 Å². The Kier molecular flexibility index (Phi) is 3.23. The summed E-state index contributed by atoms with van der Waals surface area (Å²) in [5.41, 5.74) is 2.29. The highest BCUT2D eigenvalue weighted by Crippen LogP contribution is 2.27. The van der Waals surface area contributed by atoms with Gasteiger partial charge in [-0.3, -0.25) is 4.57 Å². The molecule has 0 saturated heterocycles. The number of aromatic amines is 1. The Bertz CT molecular complexity index is 856. The van der Waals surface area contributed by atoms with Gasteiger partial charge in [-0.05, 0) is 36.5 Å². The molecule has 0 aliphatic carbocycles. The minimum Gasteiger partial charge on any atom is -0.494 e. The third-order valence-electron chi connectivity index (χ3n) is 3.06. The molecule has 1 N–H and O–H groups in total. The average molecular weight is 309 g/mol. The van der Waals surface area contributed by atoms with E-state index in [9.17, 15) is 4.39 Å². The number of ether oxygens (including phenoxy) is 1. The molecule has 0 radical (unpaired) electrons. The van der Waals surface area contributed by atoms with Gasteiger partial charge in [0, 0.05) is 6.07 Å². The molecule has 6 heteroatoms. The molecule has 0 spiro atoms. The van der Waals surface area contributed by atoms with Crippen molar-refractivity contribution in [2.75, 3.05) is 7.11 Å². The standard InChI is InChI=1S/C14H10ClFN2OS/c1-19-12-7-8(5-6-10(12)16)18-11-4-2-3-9(15)13(11)17-14(18)20/h2-7H,1H3,(H,17,20). The number of aromatic nitrogens is 2. The summed E-state index contributed by atoms with van der Waals surface area (Å²) in [6.45, 7) is 0. The molecule has 3 rings (SSSR count). The highest BCUT2D eigenvalue weighted by molar-refractivity contribution is 7.71. The summed E-state index contributed by atoms with van der Waals surface area (Å²) >= 11 is 11.5. The Balaban J connectivity index is 2.32. The van der Waals surface area contributed by atoms with Crippen molar-refractivity contribution in [2.24, 2.45) is 0 Å². The van der Waals surface area contributed by atoms with E-state index < -0.39 is 5.82 Å². The number of nitrogens with one attached hydrogen (secondary N) is 1. The maximum Gasteiger partial charge on any atom is 0.182 e. The number of methoxy groups -OCH3 is 1. The molecule has 1 heterocycles. The largest absolute Gasteiger partial charge is 0.494 e. The highest BCUT2D eigenvalue weighted by Gasteiger charge is 2.11. The van der Waals surface area contributed by atoms with Crippen LogP contribution in [0.1, 0.15) is 0 Å². The molecule has 0 amide bonds. The summed E-state index contributed by atoms with van der Waals surface area (Å²) in [7, 11) is 1.42. The quantitative estimate of drug-likeness (QED) is 0.707. The van der Waals surface area contributed by atoms with Crippen molar-refractivity contribution >= 4 is 34.9 Å². The van der Waals surface area contributed by atoms with Gasteiger partial charge in [0.15, 0.2) is 16.3 Å². The maximum atomic E-state index is 13.5. The fourth-order valence-electron chi connectivity index (χ4n) is 2.14. The molecule has 102 valence electrons. The number of H-pyrrole nitrogens is 1. The van der Waals surface area contributed by atoms with E-state index in [0.29, 0.717) is 15.5 Å².